The summed E-state index contributed by atoms with van der Waals surface area (Å²) in [4.78, 5) is 4.68. The molecule has 0 radical (unpaired) electrons. The first-order valence-corrected chi connectivity index (χ1v) is 7.16. The van der Waals surface area contributed by atoms with Gasteiger partial charge in [0.15, 0.2) is 0 Å². The average molecular weight is 316 g/mol. The van der Waals surface area contributed by atoms with Gasteiger partial charge >= 0.3 is 0 Å². The predicted molar refractivity (Wildman–Crippen MR) is 84.7 cm³/mol. The van der Waals surface area contributed by atoms with E-state index < -0.39 is 0 Å². The summed E-state index contributed by atoms with van der Waals surface area (Å²) < 4.78 is 1.95. The van der Waals surface area contributed by atoms with Crippen molar-refractivity contribution >= 4 is 28.8 Å². The molecule has 21 heavy (non-hydrogen) atoms. The molecule has 0 aliphatic rings. The molecule has 3 aromatic rings. The molecule has 0 unspecified atom stereocenters. The van der Waals surface area contributed by atoms with Crippen LogP contribution in [0, 0.1) is 18.3 Å². The van der Waals surface area contributed by atoms with E-state index in [0.717, 1.165) is 28.2 Å². The Morgan fingerprint density at radius 2 is 2.05 bits per heavy atom. The van der Waals surface area contributed by atoms with Gasteiger partial charge in [-0.1, -0.05) is 35.3 Å². The number of imidazole rings is 1. The monoisotopic (exact) mass is 315 g/mol. The van der Waals surface area contributed by atoms with E-state index in [1.54, 1.807) is 12.1 Å². The molecule has 0 aliphatic carbocycles. The number of rotatable bonds is 2. The zero-order chi connectivity index (χ0) is 15.0. The van der Waals surface area contributed by atoms with Crippen LogP contribution >= 0.6 is 23.2 Å². The fourth-order valence-corrected chi connectivity index (χ4v) is 2.67. The van der Waals surface area contributed by atoms with Gasteiger partial charge in [0.1, 0.15) is 5.65 Å². The molecule has 3 nitrogen and oxygen atoms in total. The first-order valence-electron chi connectivity index (χ1n) is 6.40. The minimum absolute atomic E-state index is 0.278. The van der Waals surface area contributed by atoms with Gasteiger partial charge in [0.2, 0.25) is 0 Å². The van der Waals surface area contributed by atoms with Gasteiger partial charge < -0.3 is 4.40 Å². The van der Waals surface area contributed by atoms with Crippen LogP contribution in [0.3, 0.4) is 0 Å². The van der Waals surface area contributed by atoms with E-state index >= 15 is 0 Å². The molecule has 0 N–H and O–H groups in total. The second-order valence-electron chi connectivity index (χ2n) is 4.76. The number of hydrogen-bond donors (Lipinski definition) is 0. The molecule has 0 bridgehead atoms. The summed E-state index contributed by atoms with van der Waals surface area (Å²) in [5.41, 5.74) is 4.39. The molecule has 5 heteroatoms. The lowest BCUT2D eigenvalue weighted by molar-refractivity contribution is 1.05. The lowest BCUT2D eigenvalue weighted by atomic mass is 10.1. The number of aryl methyl sites for hydroxylation is 1. The van der Waals surface area contributed by atoms with Gasteiger partial charge in [-0.25, -0.2) is 4.98 Å². The molecule has 2 heterocycles. The smallest absolute Gasteiger partial charge is 0.140 e. The van der Waals surface area contributed by atoms with Crippen LogP contribution in [0.1, 0.15) is 11.3 Å². The number of aromatic nitrogens is 2. The average Bonchev–Trinajstić information content (AvgIpc) is 2.83. The molecule has 0 aliphatic heterocycles. The quantitative estimate of drug-likeness (QED) is 0.688. The van der Waals surface area contributed by atoms with Crippen molar-refractivity contribution in [3.8, 4) is 17.3 Å². The van der Waals surface area contributed by atoms with Crippen molar-refractivity contribution < 1.29 is 0 Å². The van der Waals surface area contributed by atoms with Crippen molar-refractivity contribution in [3.63, 3.8) is 0 Å². The Balaban J connectivity index is 2.31. The number of halogens is 2. The van der Waals surface area contributed by atoms with Gasteiger partial charge in [-0.2, -0.15) is 5.26 Å². The van der Waals surface area contributed by atoms with Crippen LogP contribution in [0.5, 0.6) is 0 Å². The van der Waals surface area contributed by atoms with Crippen molar-refractivity contribution in [2.24, 2.45) is 0 Å². The number of pyridine rings is 1. The minimum atomic E-state index is 0.278. The van der Waals surface area contributed by atoms with Gasteiger partial charge in [-0.15, -0.1) is 0 Å². The van der Waals surface area contributed by atoms with Gasteiger partial charge in [-0.3, -0.25) is 0 Å². The van der Waals surface area contributed by atoms with Crippen LogP contribution in [0.25, 0.3) is 16.9 Å². The van der Waals surface area contributed by atoms with Crippen molar-refractivity contribution in [1.29, 1.82) is 5.26 Å². The molecule has 0 atom stereocenters. The van der Waals surface area contributed by atoms with Crippen LogP contribution in [-0.4, -0.2) is 9.38 Å². The standard InChI is InChI=1S/C16H11Cl2N3/c1-10-3-2-8-21-14(6-7-19)15(20-16(10)21)11-4-5-12(17)13(18)9-11/h2-5,8-9H,6H2,1H3. The largest absolute Gasteiger partial charge is 0.302 e. The third-order valence-corrected chi connectivity index (χ3v) is 4.12. The highest BCUT2D eigenvalue weighted by Gasteiger charge is 2.15. The van der Waals surface area contributed by atoms with Gasteiger partial charge in [0.25, 0.3) is 0 Å². The summed E-state index contributed by atoms with van der Waals surface area (Å²) in [5, 5.41) is 10.1. The number of hydrogen-bond acceptors (Lipinski definition) is 2. The lowest BCUT2D eigenvalue weighted by Crippen LogP contribution is -1.94. The van der Waals surface area contributed by atoms with Gasteiger partial charge in [0, 0.05) is 11.8 Å². The second-order valence-corrected chi connectivity index (χ2v) is 5.57. The molecule has 104 valence electrons. The van der Waals surface area contributed by atoms with E-state index in [4.69, 9.17) is 28.5 Å². The minimum Gasteiger partial charge on any atom is -0.302 e. The molecule has 3 rings (SSSR count). The maximum absolute atomic E-state index is 9.10. The van der Waals surface area contributed by atoms with E-state index in [-0.39, 0.29) is 6.42 Å². The summed E-state index contributed by atoms with van der Waals surface area (Å²) in [6.07, 6.45) is 2.20. The summed E-state index contributed by atoms with van der Waals surface area (Å²) in [7, 11) is 0. The zero-order valence-electron chi connectivity index (χ0n) is 11.3. The highest BCUT2D eigenvalue weighted by molar-refractivity contribution is 6.42. The molecule has 0 spiro atoms. The van der Waals surface area contributed by atoms with Crippen LogP contribution in [0.2, 0.25) is 10.0 Å². The molecular weight excluding hydrogens is 305 g/mol. The van der Waals surface area contributed by atoms with Crippen molar-refractivity contribution in [3.05, 3.63) is 57.8 Å². The van der Waals surface area contributed by atoms with Crippen molar-refractivity contribution in [2.45, 2.75) is 13.3 Å². The van der Waals surface area contributed by atoms with E-state index in [1.165, 1.54) is 0 Å². The Morgan fingerprint density at radius 3 is 2.76 bits per heavy atom. The molecule has 1 aromatic carbocycles. The number of nitriles is 1. The van der Waals surface area contributed by atoms with Crippen LogP contribution < -0.4 is 0 Å². The Hall–Kier alpha value is -2.02. The number of nitrogens with zero attached hydrogens (tertiary/aromatic N) is 3. The molecule has 2 aromatic heterocycles. The Morgan fingerprint density at radius 1 is 1.24 bits per heavy atom. The molecule has 0 amide bonds. The Kier molecular flexibility index (Phi) is 3.59. The lowest BCUT2D eigenvalue weighted by Gasteiger charge is -2.03. The normalized spacial score (nSPS) is 10.8. The maximum Gasteiger partial charge on any atom is 0.140 e. The van der Waals surface area contributed by atoms with Gasteiger partial charge in [0.05, 0.1) is 33.9 Å². The molecule has 0 fully saturated rings. The summed E-state index contributed by atoms with van der Waals surface area (Å²) in [6, 6.07) is 11.5. The first-order chi connectivity index (χ1) is 10.1. The van der Waals surface area contributed by atoms with E-state index in [0.29, 0.717) is 10.0 Å². The van der Waals surface area contributed by atoms with Crippen LogP contribution in [0.4, 0.5) is 0 Å². The second kappa shape index (κ2) is 5.40. The SMILES string of the molecule is Cc1cccn2c(CC#N)c(-c3ccc(Cl)c(Cl)c3)nc12. The maximum atomic E-state index is 9.10. The molecular formula is C16H11Cl2N3. The third-order valence-electron chi connectivity index (χ3n) is 3.38. The van der Waals surface area contributed by atoms with Gasteiger partial charge in [-0.05, 0) is 30.7 Å². The predicted octanol–water partition coefficient (Wildman–Crippen LogP) is 4.68. The topological polar surface area (TPSA) is 41.1 Å². The third kappa shape index (κ3) is 2.37. The summed E-state index contributed by atoms with van der Waals surface area (Å²) >= 11 is 12.1. The Labute approximate surface area is 132 Å². The number of fused-ring (bicyclic) bond motifs is 1. The van der Waals surface area contributed by atoms with Crippen LogP contribution in [-0.2, 0) is 6.42 Å². The highest BCUT2D eigenvalue weighted by atomic mass is 35.5. The summed E-state index contributed by atoms with van der Waals surface area (Å²) in [6.45, 7) is 2.00. The van der Waals surface area contributed by atoms with E-state index in [1.807, 2.05) is 35.7 Å². The fourth-order valence-electron chi connectivity index (χ4n) is 2.37. The number of benzene rings is 1. The van der Waals surface area contributed by atoms with Crippen LogP contribution in [0.15, 0.2) is 36.5 Å². The highest BCUT2D eigenvalue weighted by Crippen LogP contribution is 2.31. The van der Waals surface area contributed by atoms with Crippen molar-refractivity contribution in [1.82, 2.24) is 9.38 Å². The fraction of sp³-hybridized carbons (Fsp3) is 0.125. The van der Waals surface area contributed by atoms with E-state index in [2.05, 4.69) is 11.1 Å². The first kappa shape index (κ1) is 13.9. The zero-order valence-corrected chi connectivity index (χ0v) is 12.8. The molecule has 0 saturated heterocycles. The molecule has 0 saturated carbocycles. The van der Waals surface area contributed by atoms with Crippen molar-refractivity contribution in [2.75, 3.05) is 0 Å². The van der Waals surface area contributed by atoms with E-state index in [9.17, 15) is 0 Å². The Bertz CT molecular complexity index is 875. The summed E-state index contributed by atoms with van der Waals surface area (Å²) in [5.74, 6) is 0.